The SMILES string of the molecule is CCOCCN1C[C@H]2C[C@@H](C1)[C@H](CNS(=O)(=O)N(C)C)n1c2cccc1=O. The van der Waals surface area contributed by atoms with Crippen LogP contribution < -0.4 is 10.3 Å². The highest BCUT2D eigenvalue weighted by Gasteiger charge is 2.40. The molecule has 3 rings (SSSR count). The first kappa shape index (κ1) is 20.5. The largest absolute Gasteiger partial charge is 0.380 e. The molecule has 0 unspecified atom stereocenters. The Hall–Kier alpha value is -1.26. The molecule has 8 nitrogen and oxygen atoms in total. The fourth-order valence-corrected chi connectivity index (χ4v) is 4.88. The molecule has 27 heavy (non-hydrogen) atoms. The van der Waals surface area contributed by atoms with Crippen molar-refractivity contribution in [2.75, 3.05) is 53.5 Å². The average molecular weight is 399 g/mol. The Morgan fingerprint density at radius 3 is 2.78 bits per heavy atom. The third kappa shape index (κ3) is 4.43. The van der Waals surface area contributed by atoms with Crippen molar-refractivity contribution in [2.45, 2.75) is 25.3 Å². The molecule has 2 aliphatic heterocycles. The molecule has 0 aliphatic carbocycles. The number of fused-ring (bicyclic) bond motifs is 4. The van der Waals surface area contributed by atoms with Crippen LogP contribution in [0.4, 0.5) is 0 Å². The molecule has 0 saturated carbocycles. The summed E-state index contributed by atoms with van der Waals surface area (Å²) in [7, 11) is -0.546. The number of aromatic nitrogens is 1. The molecule has 0 amide bonds. The summed E-state index contributed by atoms with van der Waals surface area (Å²) in [6.07, 6.45) is 0.975. The number of rotatable bonds is 8. The Labute approximate surface area is 161 Å². The molecule has 1 saturated heterocycles. The van der Waals surface area contributed by atoms with Gasteiger partial charge in [-0.25, -0.2) is 4.72 Å². The molecule has 1 N–H and O–H groups in total. The minimum Gasteiger partial charge on any atom is -0.380 e. The van der Waals surface area contributed by atoms with Gasteiger partial charge in [-0.2, -0.15) is 12.7 Å². The van der Waals surface area contributed by atoms with Gasteiger partial charge in [0.2, 0.25) is 0 Å². The van der Waals surface area contributed by atoms with Crippen molar-refractivity contribution in [3.8, 4) is 0 Å². The van der Waals surface area contributed by atoms with Crippen LogP contribution in [0.15, 0.2) is 23.0 Å². The van der Waals surface area contributed by atoms with E-state index in [1.807, 2.05) is 17.6 Å². The molecule has 1 aromatic rings. The predicted molar refractivity (Wildman–Crippen MR) is 104 cm³/mol. The highest BCUT2D eigenvalue weighted by molar-refractivity contribution is 7.87. The van der Waals surface area contributed by atoms with Gasteiger partial charge in [0, 0.05) is 64.6 Å². The molecule has 0 spiro atoms. The second-order valence-corrected chi connectivity index (χ2v) is 9.48. The van der Waals surface area contributed by atoms with Crippen LogP contribution in [-0.2, 0) is 14.9 Å². The van der Waals surface area contributed by atoms with Crippen molar-refractivity contribution in [3.05, 3.63) is 34.2 Å². The van der Waals surface area contributed by atoms with E-state index in [1.165, 1.54) is 14.1 Å². The monoisotopic (exact) mass is 398 g/mol. The molecule has 0 aromatic carbocycles. The number of likely N-dealkylation sites (tertiary alicyclic amines) is 1. The number of pyridine rings is 1. The number of nitrogens with one attached hydrogen (secondary N) is 1. The van der Waals surface area contributed by atoms with Gasteiger partial charge in [-0.15, -0.1) is 0 Å². The van der Waals surface area contributed by atoms with E-state index in [1.54, 1.807) is 12.1 Å². The first-order valence-corrected chi connectivity index (χ1v) is 11.0. The summed E-state index contributed by atoms with van der Waals surface area (Å²) >= 11 is 0. The van der Waals surface area contributed by atoms with Crippen molar-refractivity contribution in [1.29, 1.82) is 0 Å². The Morgan fingerprint density at radius 1 is 1.30 bits per heavy atom. The summed E-state index contributed by atoms with van der Waals surface area (Å²) < 4.78 is 35.5. The Kier molecular flexibility index (Phi) is 6.37. The van der Waals surface area contributed by atoms with Gasteiger partial charge in [0.1, 0.15) is 0 Å². The lowest BCUT2D eigenvalue weighted by Gasteiger charge is -2.47. The minimum absolute atomic E-state index is 0.0565. The van der Waals surface area contributed by atoms with Crippen molar-refractivity contribution >= 4 is 10.2 Å². The predicted octanol–water partition coefficient (Wildman–Crippen LogP) is 0.241. The van der Waals surface area contributed by atoms with Crippen LogP contribution in [0.25, 0.3) is 0 Å². The standard InChI is InChI=1S/C18H30N4O4S/c1-4-26-9-8-21-12-14-10-15(13-21)17(11-19-27(24,25)20(2)3)22-16(14)6-5-7-18(22)23/h5-7,14-15,17,19H,4,8-13H2,1-3H3/t14-,15+,17+/m1/s1. The molecule has 3 heterocycles. The molecule has 1 fully saturated rings. The second-order valence-electron chi connectivity index (χ2n) is 7.51. The summed E-state index contributed by atoms with van der Waals surface area (Å²) in [5.74, 6) is 0.517. The van der Waals surface area contributed by atoms with Gasteiger partial charge in [0.05, 0.1) is 12.6 Å². The van der Waals surface area contributed by atoms with Crippen LogP contribution in [0.5, 0.6) is 0 Å². The van der Waals surface area contributed by atoms with Gasteiger partial charge in [-0.05, 0) is 25.3 Å². The maximum absolute atomic E-state index is 12.6. The Morgan fingerprint density at radius 2 is 2.07 bits per heavy atom. The van der Waals surface area contributed by atoms with Crippen LogP contribution >= 0.6 is 0 Å². The molecule has 3 atom stereocenters. The van der Waals surface area contributed by atoms with Crippen LogP contribution in [0.1, 0.15) is 31.0 Å². The third-order valence-corrected chi connectivity index (χ3v) is 7.08. The Bertz CT molecular complexity index is 808. The summed E-state index contributed by atoms with van der Waals surface area (Å²) in [4.78, 5) is 15.0. The van der Waals surface area contributed by atoms with E-state index >= 15 is 0 Å². The molecule has 152 valence electrons. The van der Waals surface area contributed by atoms with E-state index < -0.39 is 10.2 Å². The van der Waals surface area contributed by atoms with Crippen molar-refractivity contribution < 1.29 is 13.2 Å². The van der Waals surface area contributed by atoms with Crippen LogP contribution in [-0.4, -0.2) is 75.7 Å². The van der Waals surface area contributed by atoms with E-state index in [4.69, 9.17) is 4.74 Å². The zero-order valence-electron chi connectivity index (χ0n) is 16.3. The van der Waals surface area contributed by atoms with E-state index in [0.717, 1.165) is 36.1 Å². The first-order valence-electron chi connectivity index (χ1n) is 9.52. The van der Waals surface area contributed by atoms with E-state index in [0.29, 0.717) is 19.1 Å². The van der Waals surface area contributed by atoms with Gasteiger partial charge in [-0.1, -0.05) is 6.07 Å². The molecule has 2 bridgehead atoms. The second kappa shape index (κ2) is 8.40. The van der Waals surface area contributed by atoms with Crippen LogP contribution in [0, 0.1) is 5.92 Å². The van der Waals surface area contributed by atoms with E-state index in [9.17, 15) is 13.2 Å². The quantitative estimate of drug-likeness (QED) is 0.635. The summed E-state index contributed by atoms with van der Waals surface area (Å²) in [6, 6.07) is 5.18. The van der Waals surface area contributed by atoms with Gasteiger partial charge in [0.25, 0.3) is 15.8 Å². The molecular weight excluding hydrogens is 368 g/mol. The lowest BCUT2D eigenvalue weighted by molar-refractivity contribution is 0.0579. The molecule has 1 aromatic heterocycles. The zero-order valence-corrected chi connectivity index (χ0v) is 17.1. The fraction of sp³-hybridized carbons (Fsp3) is 0.722. The van der Waals surface area contributed by atoms with Crippen LogP contribution in [0.2, 0.25) is 0 Å². The lowest BCUT2D eigenvalue weighted by Crippen LogP contribution is -2.53. The summed E-state index contributed by atoms with van der Waals surface area (Å²) in [5.41, 5.74) is 0.952. The maximum Gasteiger partial charge on any atom is 0.279 e. The van der Waals surface area contributed by atoms with Gasteiger partial charge >= 0.3 is 0 Å². The smallest absolute Gasteiger partial charge is 0.279 e. The maximum atomic E-state index is 12.6. The highest BCUT2D eigenvalue weighted by atomic mass is 32.2. The number of nitrogens with zero attached hydrogens (tertiary/aromatic N) is 3. The third-order valence-electron chi connectivity index (χ3n) is 5.59. The zero-order chi connectivity index (χ0) is 19.6. The summed E-state index contributed by atoms with van der Waals surface area (Å²) in [6.45, 7) is 6.20. The molecule has 2 aliphatic rings. The number of ether oxygens (including phenoxy) is 1. The normalized spacial score (nSPS) is 25.6. The number of hydrogen-bond donors (Lipinski definition) is 1. The van der Waals surface area contributed by atoms with Crippen LogP contribution in [0.3, 0.4) is 0 Å². The topological polar surface area (TPSA) is 83.9 Å². The summed E-state index contributed by atoms with van der Waals surface area (Å²) in [5, 5.41) is 0. The van der Waals surface area contributed by atoms with Gasteiger partial charge in [0.15, 0.2) is 0 Å². The highest BCUT2D eigenvalue weighted by Crippen LogP contribution is 2.40. The number of hydrogen-bond acceptors (Lipinski definition) is 5. The minimum atomic E-state index is -3.54. The molecule has 9 heteroatoms. The van der Waals surface area contributed by atoms with E-state index in [2.05, 4.69) is 9.62 Å². The average Bonchev–Trinajstić information content (AvgIpc) is 2.62. The lowest BCUT2D eigenvalue weighted by atomic mass is 9.78. The number of piperidine rings is 1. The van der Waals surface area contributed by atoms with Crippen molar-refractivity contribution in [1.82, 2.24) is 18.5 Å². The van der Waals surface area contributed by atoms with Gasteiger partial charge < -0.3 is 14.2 Å². The first-order chi connectivity index (χ1) is 12.8. The van der Waals surface area contributed by atoms with Crippen molar-refractivity contribution in [3.63, 3.8) is 0 Å². The fourth-order valence-electron chi connectivity index (χ4n) is 4.24. The van der Waals surface area contributed by atoms with E-state index in [-0.39, 0.29) is 24.1 Å². The molecular formula is C18H30N4O4S. The Balaban J connectivity index is 1.85. The van der Waals surface area contributed by atoms with Crippen molar-refractivity contribution in [2.24, 2.45) is 5.92 Å². The molecule has 0 radical (unpaired) electrons. The van der Waals surface area contributed by atoms with Gasteiger partial charge in [-0.3, -0.25) is 4.79 Å².